The molecule has 3 heteroatoms. The average molecular weight is 225 g/mol. The first-order chi connectivity index (χ1) is 8.09. The van der Waals surface area contributed by atoms with Crippen molar-refractivity contribution in [1.82, 2.24) is 4.98 Å². The molecule has 0 unspecified atom stereocenters. The molecule has 85 valence electrons. The van der Waals surface area contributed by atoms with Gasteiger partial charge in [-0.1, -0.05) is 30.3 Å². The maximum atomic E-state index is 11.1. The lowest BCUT2D eigenvalue weighted by Gasteiger charge is -2.09. The molecular weight excluding hydrogens is 212 g/mol. The maximum Gasteiger partial charge on any atom is 0.267 e. The molecule has 0 bridgehead atoms. The van der Waals surface area contributed by atoms with Crippen LogP contribution in [0.3, 0.4) is 0 Å². The smallest absolute Gasteiger partial charge is 0.267 e. The van der Waals surface area contributed by atoms with E-state index in [4.69, 9.17) is 5.73 Å². The van der Waals surface area contributed by atoms with Crippen LogP contribution in [0.5, 0.6) is 0 Å². The molecular formula is C14H13N2O. The predicted octanol–water partition coefficient (Wildman–Crippen LogP) is 2.34. The highest BCUT2D eigenvalue weighted by atomic mass is 16.1. The number of primary amides is 1. The number of nitrogens with two attached hydrogens (primary N) is 1. The van der Waals surface area contributed by atoms with E-state index in [2.05, 4.69) is 11.9 Å². The Morgan fingerprint density at radius 2 is 1.94 bits per heavy atom. The molecule has 0 fully saturated rings. The molecule has 1 aromatic heterocycles. The summed E-state index contributed by atoms with van der Waals surface area (Å²) in [6.45, 7) is 5.92. The number of hydrogen-bond acceptors (Lipinski definition) is 2. The standard InChI is InChI=1S/C14H13N2O/c1-9-5-3-4-6-11(9)13-10(2)7-8-12(16-13)14(15)17/h3-8H,2H2,1H3,(H2,15,17). The molecule has 2 rings (SSSR count). The van der Waals surface area contributed by atoms with Gasteiger partial charge in [-0.25, -0.2) is 4.98 Å². The summed E-state index contributed by atoms with van der Waals surface area (Å²) >= 11 is 0. The summed E-state index contributed by atoms with van der Waals surface area (Å²) in [4.78, 5) is 15.4. The topological polar surface area (TPSA) is 56.0 Å². The van der Waals surface area contributed by atoms with Gasteiger partial charge in [-0.05, 0) is 31.0 Å². The Hall–Kier alpha value is -2.16. The lowest BCUT2D eigenvalue weighted by atomic mass is 10.0. The Kier molecular flexibility index (Phi) is 2.91. The molecule has 0 spiro atoms. The zero-order valence-corrected chi connectivity index (χ0v) is 9.60. The van der Waals surface area contributed by atoms with Crippen LogP contribution in [0.15, 0.2) is 36.4 Å². The molecule has 3 nitrogen and oxygen atoms in total. The third-order valence-electron chi connectivity index (χ3n) is 2.63. The summed E-state index contributed by atoms with van der Waals surface area (Å²) in [7, 11) is 0. The predicted molar refractivity (Wildman–Crippen MR) is 67.4 cm³/mol. The van der Waals surface area contributed by atoms with Crippen LogP contribution in [-0.4, -0.2) is 10.9 Å². The van der Waals surface area contributed by atoms with Gasteiger partial charge in [-0.15, -0.1) is 0 Å². The average Bonchev–Trinajstić information content (AvgIpc) is 2.30. The zero-order valence-electron chi connectivity index (χ0n) is 9.60. The Morgan fingerprint density at radius 1 is 1.24 bits per heavy atom. The van der Waals surface area contributed by atoms with Gasteiger partial charge in [0.1, 0.15) is 5.69 Å². The van der Waals surface area contributed by atoms with Crippen LogP contribution in [0.1, 0.15) is 21.6 Å². The molecule has 0 aliphatic heterocycles. The SMILES string of the molecule is [CH2]c1ccc(C(N)=O)nc1-c1ccccc1C. The van der Waals surface area contributed by atoms with Gasteiger partial charge in [0.15, 0.2) is 0 Å². The van der Waals surface area contributed by atoms with E-state index in [9.17, 15) is 4.79 Å². The number of aryl methyl sites for hydroxylation is 1. The third kappa shape index (κ3) is 2.18. The van der Waals surface area contributed by atoms with Gasteiger partial charge in [0.2, 0.25) is 0 Å². The van der Waals surface area contributed by atoms with Crippen molar-refractivity contribution < 1.29 is 4.79 Å². The number of nitrogens with zero attached hydrogens (tertiary/aromatic N) is 1. The Morgan fingerprint density at radius 3 is 2.59 bits per heavy atom. The van der Waals surface area contributed by atoms with E-state index >= 15 is 0 Å². The second-order valence-corrected chi connectivity index (χ2v) is 3.88. The van der Waals surface area contributed by atoms with E-state index in [0.717, 1.165) is 16.7 Å². The summed E-state index contributed by atoms with van der Waals surface area (Å²) in [5.74, 6) is -0.528. The van der Waals surface area contributed by atoms with Crippen LogP contribution in [0.25, 0.3) is 11.3 Å². The van der Waals surface area contributed by atoms with Crippen LogP contribution in [0.4, 0.5) is 0 Å². The van der Waals surface area contributed by atoms with Gasteiger partial charge in [0, 0.05) is 5.56 Å². The number of rotatable bonds is 2. The van der Waals surface area contributed by atoms with Crippen LogP contribution in [-0.2, 0) is 0 Å². The minimum absolute atomic E-state index is 0.260. The molecule has 1 radical (unpaired) electrons. The second kappa shape index (κ2) is 4.37. The van der Waals surface area contributed by atoms with Crippen molar-refractivity contribution in [2.24, 2.45) is 5.73 Å². The Balaban J connectivity index is 2.63. The molecule has 2 aromatic rings. The van der Waals surface area contributed by atoms with Crippen LogP contribution < -0.4 is 5.73 Å². The lowest BCUT2D eigenvalue weighted by molar-refractivity contribution is 0.0995. The van der Waals surface area contributed by atoms with Crippen molar-refractivity contribution >= 4 is 5.91 Å². The zero-order chi connectivity index (χ0) is 12.4. The third-order valence-corrected chi connectivity index (χ3v) is 2.63. The monoisotopic (exact) mass is 225 g/mol. The normalized spacial score (nSPS) is 10.2. The summed E-state index contributed by atoms with van der Waals surface area (Å²) in [6.07, 6.45) is 0. The Labute approximate surface area is 100 Å². The Bertz CT molecular complexity index is 576. The number of carbonyl (C=O) groups is 1. The van der Waals surface area contributed by atoms with E-state index in [1.54, 1.807) is 12.1 Å². The fraction of sp³-hybridized carbons (Fsp3) is 0.0714. The molecule has 17 heavy (non-hydrogen) atoms. The van der Waals surface area contributed by atoms with E-state index in [1.807, 2.05) is 31.2 Å². The fourth-order valence-electron chi connectivity index (χ4n) is 1.70. The molecule has 0 atom stereocenters. The highest BCUT2D eigenvalue weighted by Gasteiger charge is 2.09. The maximum absolute atomic E-state index is 11.1. The van der Waals surface area contributed by atoms with Gasteiger partial charge in [0.25, 0.3) is 5.91 Å². The number of pyridine rings is 1. The van der Waals surface area contributed by atoms with Crippen LogP contribution in [0, 0.1) is 13.8 Å². The number of amides is 1. The van der Waals surface area contributed by atoms with Crippen molar-refractivity contribution in [1.29, 1.82) is 0 Å². The van der Waals surface area contributed by atoms with Gasteiger partial charge in [0.05, 0.1) is 5.69 Å². The quantitative estimate of drug-likeness (QED) is 0.852. The number of benzene rings is 1. The van der Waals surface area contributed by atoms with Gasteiger partial charge < -0.3 is 5.73 Å². The molecule has 1 aromatic carbocycles. The molecule has 0 aliphatic carbocycles. The first-order valence-electron chi connectivity index (χ1n) is 5.28. The van der Waals surface area contributed by atoms with Crippen molar-refractivity contribution in [2.75, 3.05) is 0 Å². The van der Waals surface area contributed by atoms with E-state index in [-0.39, 0.29) is 5.69 Å². The molecule has 0 saturated carbocycles. The largest absolute Gasteiger partial charge is 0.364 e. The molecule has 1 amide bonds. The van der Waals surface area contributed by atoms with Gasteiger partial charge in [-0.3, -0.25) is 4.79 Å². The summed E-state index contributed by atoms with van der Waals surface area (Å²) < 4.78 is 0. The molecule has 0 saturated heterocycles. The summed E-state index contributed by atoms with van der Waals surface area (Å²) in [5, 5.41) is 0. The minimum atomic E-state index is -0.528. The second-order valence-electron chi connectivity index (χ2n) is 3.88. The van der Waals surface area contributed by atoms with Crippen molar-refractivity contribution in [2.45, 2.75) is 6.92 Å². The van der Waals surface area contributed by atoms with Gasteiger partial charge >= 0.3 is 0 Å². The van der Waals surface area contributed by atoms with Crippen molar-refractivity contribution in [3.8, 4) is 11.3 Å². The first kappa shape index (κ1) is 11.3. The number of carbonyl (C=O) groups excluding carboxylic acids is 1. The first-order valence-corrected chi connectivity index (χ1v) is 5.28. The summed E-state index contributed by atoms with van der Waals surface area (Å²) in [6, 6.07) is 11.2. The highest BCUT2D eigenvalue weighted by molar-refractivity contribution is 5.91. The van der Waals surface area contributed by atoms with Gasteiger partial charge in [-0.2, -0.15) is 0 Å². The highest BCUT2D eigenvalue weighted by Crippen LogP contribution is 2.24. The minimum Gasteiger partial charge on any atom is -0.364 e. The number of aromatic nitrogens is 1. The van der Waals surface area contributed by atoms with Crippen molar-refractivity contribution in [3.63, 3.8) is 0 Å². The molecule has 0 aliphatic rings. The lowest BCUT2D eigenvalue weighted by Crippen LogP contribution is -2.13. The van der Waals surface area contributed by atoms with Crippen LogP contribution in [0.2, 0.25) is 0 Å². The van der Waals surface area contributed by atoms with E-state index < -0.39 is 5.91 Å². The van der Waals surface area contributed by atoms with Crippen molar-refractivity contribution in [3.05, 3.63) is 60.1 Å². The van der Waals surface area contributed by atoms with E-state index in [0.29, 0.717) is 5.69 Å². The summed E-state index contributed by atoms with van der Waals surface area (Å²) in [5.41, 5.74) is 9.04. The van der Waals surface area contributed by atoms with E-state index in [1.165, 1.54) is 0 Å². The fourth-order valence-corrected chi connectivity index (χ4v) is 1.70. The molecule has 1 heterocycles. The molecule has 2 N–H and O–H groups in total. The number of hydrogen-bond donors (Lipinski definition) is 1. The van der Waals surface area contributed by atoms with Crippen LogP contribution >= 0.6 is 0 Å².